The Morgan fingerprint density at radius 3 is 2.64 bits per heavy atom. The number of carbonyl (C=O) groups is 5. The maximum atomic E-state index is 13.6. The molecule has 2 heterocycles. The van der Waals surface area contributed by atoms with Crippen LogP contribution in [0.2, 0.25) is 0 Å². The predicted molar refractivity (Wildman–Crippen MR) is 145 cm³/mol. The summed E-state index contributed by atoms with van der Waals surface area (Å²) in [5, 5.41) is 11.5. The van der Waals surface area contributed by atoms with E-state index in [4.69, 9.17) is 4.74 Å². The molecule has 0 spiro atoms. The standard InChI is InChI=1S/C28H41N5O6/c1-18(29-2)25(35)32-23-10-5-4-9-22-11-12-24(33(22)28(23)38)27(37)30-16-19-7-6-8-20(15-19)26(36)31-21(13-14-34)17-39-3/h6-8,14-15,18,21-24,29H,4-5,9-13,16-17H2,1-3H3,(H,30,37)(H,31,36)(H,32,35). The molecule has 0 aliphatic carbocycles. The number of nitrogens with zero attached hydrogens (tertiary/aromatic N) is 1. The van der Waals surface area contributed by atoms with E-state index in [9.17, 15) is 24.0 Å². The highest BCUT2D eigenvalue weighted by Gasteiger charge is 2.43. The summed E-state index contributed by atoms with van der Waals surface area (Å²) < 4.78 is 5.06. The fraction of sp³-hybridized carbons (Fsp3) is 0.607. The third-order valence-electron chi connectivity index (χ3n) is 7.52. The molecule has 5 unspecified atom stereocenters. The summed E-state index contributed by atoms with van der Waals surface area (Å²) in [4.78, 5) is 64.6. The van der Waals surface area contributed by atoms with Gasteiger partial charge in [0.25, 0.3) is 5.91 Å². The van der Waals surface area contributed by atoms with Crippen molar-refractivity contribution in [2.45, 2.75) is 88.6 Å². The molecule has 2 aliphatic heterocycles. The van der Waals surface area contributed by atoms with Crippen molar-refractivity contribution in [3.8, 4) is 0 Å². The number of hydrogen-bond donors (Lipinski definition) is 4. The van der Waals surface area contributed by atoms with E-state index in [0.717, 1.165) is 37.5 Å². The predicted octanol–water partition coefficient (Wildman–Crippen LogP) is 0.663. The van der Waals surface area contributed by atoms with Gasteiger partial charge in [-0.3, -0.25) is 19.2 Å². The highest BCUT2D eigenvalue weighted by molar-refractivity contribution is 5.95. The van der Waals surface area contributed by atoms with Crippen molar-refractivity contribution in [3.05, 3.63) is 35.4 Å². The van der Waals surface area contributed by atoms with E-state index in [0.29, 0.717) is 18.4 Å². The molecular formula is C28H41N5O6. The second-order valence-corrected chi connectivity index (χ2v) is 10.3. The molecule has 11 nitrogen and oxygen atoms in total. The molecule has 4 N–H and O–H groups in total. The number of fused-ring (bicyclic) bond motifs is 1. The van der Waals surface area contributed by atoms with Gasteiger partial charge in [0.2, 0.25) is 17.7 Å². The quantitative estimate of drug-likeness (QED) is 0.283. The molecular weight excluding hydrogens is 502 g/mol. The normalized spacial score (nSPS) is 22.6. The van der Waals surface area contributed by atoms with E-state index >= 15 is 0 Å². The monoisotopic (exact) mass is 543 g/mol. The SMILES string of the molecule is CNC(C)C(=O)NC1CCCCC2CCC(C(=O)NCc3cccc(C(=O)NC(CC=O)COC)c3)N2C1=O. The van der Waals surface area contributed by atoms with Gasteiger partial charge in [-0.2, -0.15) is 0 Å². The Bertz CT molecular complexity index is 1030. The minimum Gasteiger partial charge on any atom is -0.383 e. The maximum absolute atomic E-state index is 13.6. The zero-order chi connectivity index (χ0) is 28.4. The first-order valence-corrected chi connectivity index (χ1v) is 13.7. The molecule has 3 rings (SSSR count). The lowest BCUT2D eigenvalue weighted by Gasteiger charge is -2.35. The van der Waals surface area contributed by atoms with Crippen molar-refractivity contribution in [3.63, 3.8) is 0 Å². The number of methoxy groups -OCH3 is 1. The van der Waals surface area contributed by atoms with Crippen LogP contribution in [0.3, 0.4) is 0 Å². The van der Waals surface area contributed by atoms with Gasteiger partial charge >= 0.3 is 0 Å². The molecule has 0 saturated carbocycles. The molecule has 1 aromatic carbocycles. The van der Waals surface area contributed by atoms with Crippen LogP contribution in [0.4, 0.5) is 0 Å². The van der Waals surface area contributed by atoms with Crippen LogP contribution in [-0.2, 0) is 30.5 Å². The van der Waals surface area contributed by atoms with E-state index in [1.807, 2.05) is 6.07 Å². The van der Waals surface area contributed by atoms with Crippen molar-refractivity contribution in [1.82, 2.24) is 26.2 Å². The summed E-state index contributed by atoms with van der Waals surface area (Å²) in [7, 11) is 3.19. The largest absolute Gasteiger partial charge is 0.383 e. The molecule has 214 valence electrons. The van der Waals surface area contributed by atoms with Gasteiger partial charge in [-0.15, -0.1) is 0 Å². The van der Waals surface area contributed by atoms with E-state index in [1.54, 1.807) is 37.1 Å². The van der Waals surface area contributed by atoms with Crippen LogP contribution in [-0.4, -0.2) is 85.8 Å². The molecule has 0 bridgehead atoms. The number of amides is 4. The zero-order valence-electron chi connectivity index (χ0n) is 23.0. The molecule has 2 fully saturated rings. The number of carbonyl (C=O) groups excluding carboxylic acids is 5. The number of rotatable bonds is 12. The molecule has 0 radical (unpaired) electrons. The average molecular weight is 544 g/mol. The zero-order valence-corrected chi connectivity index (χ0v) is 23.0. The van der Waals surface area contributed by atoms with Gasteiger partial charge in [0.1, 0.15) is 18.4 Å². The molecule has 5 atom stereocenters. The number of likely N-dealkylation sites (N-methyl/N-ethyl adjacent to an activating group) is 1. The minimum absolute atomic E-state index is 0.0203. The van der Waals surface area contributed by atoms with Gasteiger partial charge < -0.3 is 35.7 Å². The third-order valence-corrected chi connectivity index (χ3v) is 7.52. The summed E-state index contributed by atoms with van der Waals surface area (Å²) in [5.41, 5.74) is 1.14. The van der Waals surface area contributed by atoms with E-state index in [2.05, 4.69) is 21.3 Å². The lowest BCUT2D eigenvalue weighted by molar-refractivity contribution is -0.144. The average Bonchev–Trinajstić information content (AvgIpc) is 3.35. The molecule has 2 saturated heterocycles. The summed E-state index contributed by atoms with van der Waals surface area (Å²) in [5.74, 6) is -1.02. The Balaban J connectivity index is 1.64. The summed E-state index contributed by atoms with van der Waals surface area (Å²) in [6.07, 6.45) is 5.36. The number of hydrogen-bond acceptors (Lipinski definition) is 7. The molecule has 2 aliphatic rings. The second-order valence-electron chi connectivity index (χ2n) is 10.3. The van der Waals surface area contributed by atoms with Gasteiger partial charge in [0.05, 0.1) is 18.7 Å². The maximum Gasteiger partial charge on any atom is 0.251 e. The van der Waals surface area contributed by atoms with Crippen LogP contribution in [0.5, 0.6) is 0 Å². The van der Waals surface area contributed by atoms with Crippen LogP contribution in [0, 0.1) is 0 Å². The Kier molecular flexibility index (Phi) is 11.4. The molecule has 4 amide bonds. The van der Waals surface area contributed by atoms with Crippen LogP contribution >= 0.6 is 0 Å². The lowest BCUT2D eigenvalue weighted by Crippen LogP contribution is -2.57. The summed E-state index contributed by atoms with van der Waals surface area (Å²) in [6.45, 7) is 2.15. The fourth-order valence-electron chi connectivity index (χ4n) is 5.24. The lowest BCUT2D eigenvalue weighted by atomic mass is 9.98. The van der Waals surface area contributed by atoms with Gasteiger partial charge in [0.15, 0.2) is 0 Å². The van der Waals surface area contributed by atoms with Crippen LogP contribution < -0.4 is 21.3 Å². The topological polar surface area (TPSA) is 146 Å². The molecule has 11 heteroatoms. The first-order valence-electron chi connectivity index (χ1n) is 13.7. The van der Waals surface area contributed by atoms with Crippen molar-refractivity contribution < 1.29 is 28.7 Å². The Morgan fingerprint density at radius 1 is 1.15 bits per heavy atom. The van der Waals surface area contributed by atoms with E-state index in [-0.39, 0.29) is 49.2 Å². The minimum atomic E-state index is -0.652. The van der Waals surface area contributed by atoms with Crippen LogP contribution in [0.25, 0.3) is 0 Å². The fourth-order valence-corrected chi connectivity index (χ4v) is 5.24. The summed E-state index contributed by atoms with van der Waals surface area (Å²) in [6, 6.07) is 4.76. The Morgan fingerprint density at radius 2 is 1.92 bits per heavy atom. The number of benzene rings is 1. The van der Waals surface area contributed by atoms with Crippen molar-refractivity contribution in [2.75, 3.05) is 20.8 Å². The summed E-state index contributed by atoms with van der Waals surface area (Å²) >= 11 is 0. The van der Waals surface area contributed by atoms with Crippen LogP contribution in [0.1, 0.15) is 67.8 Å². The highest BCUT2D eigenvalue weighted by atomic mass is 16.5. The van der Waals surface area contributed by atoms with Crippen molar-refractivity contribution in [1.29, 1.82) is 0 Å². The third kappa shape index (κ3) is 8.09. The van der Waals surface area contributed by atoms with Crippen molar-refractivity contribution >= 4 is 29.9 Å². The Hall–Kier alpha value is -3.31. The first kappa shape index (κ1) is 30.2. The van der Waals surface area contributed by atoms with Gasteiger partial charge in [0, 0.05) is 31.7 Å². The number of ether oxygens (including phenoxy) is 1. The molecule has 39 heavy (non-hydrogen) atoms. The number of aldehydes is 1. The molecule has 1 aromatic rings. The van der Waals surface area contributed by atoms with E-state index in [1.165, 1.54) is 7.11 Å². The van der Waals surface area contributed by atoms with Gasteiger partial charge in [-0.25, -0.2) is 0 Å². The van der Waals surface area contributed by atoms with E-state index < -0.39 is 24.2 Å². The second kappa shape index (κ2) is 14.7. The molecule has 0 aromatic heterocycles. The number of nitrogens with one attached hydrogen (secondary N) is 4. The Labute approximate surface area is 229 Å². The van der Waals surface area contributed by atoms with Gasteiger partial charge in [-0.1, -0.05) is 25.0 Å². The van der Waals surface area contributed by atoms with Crippen molar-refractivity contribution in [2.24, 2.45) is 0 Å². The first-order chi connectivity index (χ1) is 18.8. The van der Waals surface area contributed by atoms with Gasteiger partial charge in [-0.05, 0) is 57.4 Å². The highest BCUT2D eigenvalue weighted by Crippen LogP contribution is 2.31. The van der Waals surface area contributed by atoms with Crippen LogP contribution in [0.15, 0.2) is 24.3 Å². The smallest absolute Gasteiger partial charge is 0.251 e.